The number of hydrogen-bond acceptors (Lipinski definition) is 2. The average molecular weight is 156 g/mol. The van der Waals surface area contributed by atoms with Crippen molar-refractivity contribution in [2.45, 2.75) is 50.2 Å². The fraction of sp³-hybridized carbons (Fsp3) is 1.00. The molecular weight excluding hydrogens is 140 g/mol. The van der Waals surface area contributed by atoms with Crippen LogP contribution in [-0.4, -0.2) is 22.9 Å². The van der Waals surface area contributed by atoms with Crippen molar-refractivity contribution < 1.29 is 9.84 Å². The summed E-state index contributed by atoms with van der Waals surface area (Å²) in [5.41, 5.74) is -0.358. The summed E-state index contributed by atoms with van der Waals surface area (Å²) >= 11 is 0. The fourth-order valence-electron chi connectivity index (χ4n) is 1.92. The minimum atomic E-state index is -0.555. The smallest absolute Gasteiger partial charge is 0.0853 e. The number of rotatable bonds is 0. The van der Waals surface area contributed by atoms with Crippen LogP contribution in [0, 0.1) is 0 Å². The molecule has 0 aromatic rings. The van der Waals surface area contributed by atoms with E-state index in [9.17, 15) is 5.11 Å². The van der Waals surface area contributed by atoms with Crippen LogP contribution in [-0.2, 0) is 4.74 Å². The van der Waals surface area contributed by atoms with Crippen molar-refractivity contribution in [3.63, 3.8) is 0 Å². The summed E-state index contributed by atoms with van der Waals surface area (Å²) in [4.78, 5) is 0. The van der Waals surface area contributed by atoms with E-state index in [4.69, 9.17) is 4.74 Å². The van der Waals surface area contributed by atoms with Crippen LogP contribution in [0.1, 0.15) is 39.0 Å². The van der Waals surface area contributed by atoms with Crippen LogP contribution in [0.5, 0.6) is 0 Å². The van der Waals surface area contributed by atoms with Gasteiger partial charge in [-0.2, -0.15) is 0 Å². The van der Waals surface area contributed by atoms with Crippen molar-refractivity contribution in [3.8, 4) is 0 Å². The van der Waals surface area contributed by atoms with Crippen molar-refractivity contribution in [2.75, 3.05) is 6.61 Å². The monoisotopic (exact) mass is 156 g/mol. The molecule has 1 aliphatic heterocycles. The number of hydrogen-bond donors (Lipinski definition) is 1. The second kappa shape index (κ2) is 2.20. The zero-order chi connectivity index (χ0) is 7.95. The fourth-order valence-corrected chi connectivity index (χ4v) is 1.92. The predicted octanol–water partition coefficient (Wildman–Crippen LogP) is 1.47. The lowest BCUT2D eigenvalue weighted by atomic mass is 9.73. The van der Waals surface area contributed by atoms with Gasteiger partial charge in [-0.25, -0.2) is 0 Å². The van der Waals surface area contributed by atoms with Crippen LogP contribution >= 0.6 is 0 Å². The van der Waals surface area contributed by atoms with Gasteiger partial charge in [0.05, 0.1) is 17.8 Å². The third-order valence-corrected chi connectivity index (χ3v) is 3.07. The van der Waals surface area contributed by atoms with Crippen molar-refractivity contribution >= 4 is 0 Å². The molecule has 64 valence electrons. The Bertz CT molecular complexity index is 147. The highest BCUT2D eigenvalue weighted by atomic mass is 16.5. The van der Waals surface area contributed by atoms with Gasteiger partial charge in [0.15, 0.2) is 0 Å². The lowest BCUT2D eigenvalue weighted by Crippen LogP contribution is -2.50. The Morgan fingerprint density at radius 2 is 1.91 bits per heavy atom. The van der Waals surface area contributed by atoms with Crippen molar-refractivity contribution in [3.05, 3.63) is 0 Å². The predicted molar refractivity (Wildman–Crippen MR) is 42.4 cm³/mol. The molecule has 0 amide bonds. The van der Waals surface area contributed by atoms with Crippen LogP contribution < -0.4 is 0 Å². The second-order valence-corrected chi connectivity index (χ2v) is 4.32. The highest BCUT2D eigenvalue weighted by Crippen LogP contribution is 2.44. The quantitative estimate of drug-likeness (QED) is 0.575. The molecule has 0 aromatic carbocycles. The highest BCUT2D eigenvalue weighted by molar-refractivity contribution is 4.95. The summed E-state index contributed by atoms with van der Waals surface area (Å²) in [6.45, 7) is 2.39. The van der Waals surface area contributed by atoms with Gasteiger partial charge in [0, 0.05) is 0 Å². The first kappa shape index (κ1) is 7.56. The minimum Gasteiger partial charge on any atom is -0.388 e. The largest absolute Gasteiger partial charge is 0.388 e. The molecule has 0 radical (unpaired) electrons. The first-order chi connectivity index (χ1) is 5.12. The van der Waals surface area contributed by atoms with Gasteiger partial charge in [0.25, 0.3) is 0 Å². The van der Waals surface area contributed by atoms with Gasteiger partial charge in [0.1, 0.15) is 0 Å². The SMILES string of the molecule is CC1(O)CCC2(CCC2)OC1. The lowest BCUT2D eigenvalue weighted by molar-refractivity contribution is -0.191. The molecular formula is C9H16O2. The number of aliphatic hydroxyl groups is 1. The van der Waals surface area contributed by atoms with E-state index in [0.717, 1.165) is 12.8 Å². The van der Waals surface area contributed by atoms with Gasteiger partial charge in [-0.1, -0.05) is 0 Å². The molecule has 1 N–H and O–H groups in total. The maximum absolute atomic E-state index is 9.60. The van der Waals surface area contributed by atoms with Gasteiger partial charge in [-0.3, -0.25) is 0 Å². The van der Waals surface area contributed by atoms with Crippen LogP contribution in [0.25, 0.3) is 0 Å². The zero-order valence-corrected chi connectivity index (χ0v) is 7.10. The van der Waals surface area contributed by atoms with E-state index in [1.807, 2.05) is 6.92 Å². The summed E-state index contributed by atoms with van der Waals surface area (Å²) in [6.07, 6.45) is 5.70. The van der Waals surface area contributed by atoms with Gasteiger partial charge in [-0.15, -0.1) is 0 Å². The zero-order valence-electron chi connectivity index (χ0n) is 7.10. The summed E-state index contributed by atoms with van der Waals surface area (Å²) in [6, 6.07) is 0. The first-order valence-corrected chi connectivity index (χ1v) is 4.48. The average Bonchev–Trinajstić information content (AvgIpc) is 1.84. The Balaban J connectivity index is 1.94. The molecule has 1 saturated heterocycles. The van der Waals surface area contributed by atoms with E-state index in [1.165, 1.54) is 19.3 Å². The third-order valence-electron chi connectivity index (χ3n) is 3.07. The molecule has 0 bridgehead atoms. The molecule has 1 aliphatic carbocycles. The van der Waals surface area contributed by atoms with Crippen LogP contribution in [0.2, 0.25) is 0 Å². The highest BCUT2D eigenvalue weighted by Gasteiger charge is 2.44. The maximum atomic E-state index is 9.60. The normalized spacial score (nSPS) is 42.0. The lowest BCUT2D eigenvalue weighted by Gasteiger charge is -2.48. The van der Waals surface area contributed by atoms with Crippen molar-refractivity contribution in [2.24, 2.45) is 0 Å². The topological polar surface area (TPSA) is 29.5 Å². The minimum absolute atomic E-state index is 0.197. The molecule has 1 heterocycles. The summed E-state index contributed by atoms with van der Waals surface area (Å²) in [7, 11) is 0. The molecule has 2 fully saturated rings. The van der Waals surface area contributed by atoms with Crippen LogP contribution in [0.3, 0.4) is 0 Å². The Hall–Kier alpha value is -0.0800. The maximum Gasteiger partial charge on any atom is 0.0853 e. The Morgan fingerprint density at radius 1 is 1.18 bits per heavy atom. The Labute approximate surface area is 67.6 Å². The van der Waals surface area contributed by atoms with Crippen LogP contribution in [0.15, 0.2) is 0 Å². The molecule has 1 saturated carbocycles. The van der Waals surface area contributed by atoms with Crippen LogP contribution in [0.4, 0.5) is 0 Å². The summed E-state index contributed by atoms with van der Waals surface area (Å²) in [5.74, 6) is 0. The summed E-state index contributed by atoms with van der Waals surface area (Å²) in [5, 5.41) is 9.60. The third kappa shape index (κ3) is 1.30. The number of ether oxygens (including phenoxy) is 1. The van der Waals surface area contributed by atoms with E-state index in [-0.39, 0.29) is 5.60 Å². The molecule has 0 aromatic heterocycles. The molecule has 11 heavy (non-hydrogen) atoms. The van der Waals surface area contributed by atoms with Gasteiger partial charge in [-0.05, 0) is 39.0 Å². The summed E-state index contributed by atoms with van der Waals surface area (Å²) < 4.78 is 5.67. The van der Waals surface area contributed by atoms with E-state index < -0.39 is 5.60 Å². The van der Waals surface area contributed by atoms with E-state index >= 15 is 0 Å². The first-order valence-electron chi connectivity index (χ1n) is 4.48. The van der Waals surface area contributed by atoms with E-state index in [1.54, 1.807) is 0 Å². The van der Waals surface area contributed by atoms with Gasteiger partial charge in [0.2, 0.25) is 0 Å². The van der Waals surface area contributed by atoms with Crippen molar-refractivity contribution in [1.29, 1.82) is 0 Å². The second-order valence-electron chi connectivity index (χ2n) is 4.32. The van der Waals surface area contributed by atoms with E-state index in [2.05, 4.69) is 0 Å². The molecule has 2 rings (SSSR count). The van der Waals surface area contributed by atoms with Crippen molar-refractivity contribution in [1.82, 2.24) is 0 Å². The Morgan fingerprint density at radius 3 is 2.27 bits per heavy atom. The Kier molecular flexibility index (Phi) is 1.52. The molecule has 1 spiro atoms. The molecule has 2 nitrogen and oxygen atoms in total. The molecule has 2 heteroatoms. The van der Waals surface area contributed by atoms with Gasteiger partial charge >= 0.3 is 0 Å². The van der Waals surface area contributed by atoms with Gasteiger partial charge < -0.3 is 9.84 Å². The molecule has 1 unspecified atom stereocenters. The standard InChI is InChI=1S/C9H16O2/c1-8(10)5-6-9(11-7-8)3-2-4-9/h10H,2-7H2,1H3. The molecule has 1 atom stereocenters. The molecule has 2 aliphatic rings. The van der Waals surface area contributed by atoms with E-state index in [0.29, 0.717) is 6.61 Å².